The molecule has 0 aliphatic rings. The summed E-state index contributed by atoms with van der Waals surface area (Å²) in [7, 11) is 4.11. The zero-order valence-corrected chi connectivity index (χ0v) is 22.5. The van der Waals surface area contributed by atoms with Crippen molar-refractivity contribution < 1.29 is 0 Å². The lowest BCUT2D eigenvalue weighted by atomic mass is 10.0. The van der Waals surface area contributed by atoms with Crippen molar-refractivity contribution in [3.63, 3.8) is 0 Å². The molecule has 188 valence electrons. The number of nitrogens with zero attached hydrogens (tertiary/aromatic N) is 4. The van der Waals surface area contributed by atoms with Crippen molar-refractivity contribution >= 4 is 17.1 Å². The predicted octanol–water partition coefficient (Wildman–Crippen LogP) is 7.17. The molecule has 0 fully saturated rings. The van der Waals surface area contributed by atoms with Gasteiger partial charge in [-0.1, -0.05) is 24.3 Å². The van der Waals surface area contributed by atoms with Crippen LogP contribution in [0.4, 0.5) is 17.1 Å². The molecule has 5 nitrogen and oxygen atoms in total. The van der Waals surface area contributed by atoms with Crippen molar-refractivity contribution in [1.82, 2.24) is 9.97 Å². The van der Waals surface area contributed by atoms with E-state index in [0.717, 1.165) is 60.1 Å². The van der Waals surface area contributed by atoms with E-state index in [0.29, 0.717) is 0 Å². The fourth-order valence-corrected chi connectivity index (χ4v) is 4.69. The third-order valence-electron chi connectivity index (χ3n) is 6.91. The van der Waals surface area contributed by atoms with Gasteiger partial charge in [-0.3, -0.25) is 0 Å². The van der Waals surface area contributed by atoms with Crippen molar-refractivity contribution in [3.8, 4) is 33.9 Å². The first-order valence-electron chi connectivity index (χ1n) is 13.1. The lowest BCUT2D eigenvalue weighted by molar-refractivity contribution is 0.866. The Kier molecular flexibility index (Phi) is 7.99. The zero-order chi connectivity index (χ0) is 25.7. The number of anilines is 3. The highest BCUT2D eigenvalue weighted by Crippen LogP contribution is 2.35. The largest absolute Gasteiger partial charge is 0.378 e. The van der Waals surface area contributed by atoms with Crippen molar-refractivity contribution in [2.45, 2.75) is 27.7 Å². The molecule has 1 N–H and O–H groups in total. The van der Waals surface area contributed by atoms with Crippen molar-refractivity contribution in [1.29, 1.82) is 0 Å². The molecule has 4 aromatic rings. The van der Waals surface area contributed by atoms with E-state index in [1.54, 1.807) is 0 Å². The maximum atomic E-state index is 5.11. The number of hydrogen-bond acceptors (Lipinski definition) is 4. The highest BCUT2D eigenvalue weighted by atomic mass is 15.1. The topological polar surface area (TPSA) is 38.4 Å². The summed E-state index contributed by atoms with van der Waals surface area (Å²) in [5.41, 5.74) is 9.00. The molecule has 0 bridgehead atoms. The number of nitrogens with one attached hydrogen (secondary N) is 1. The van der Waals surface area contributed by atoms with Crippen LogP contribution in [-0.4, -0.2) is 50.2 Å². The molecule has 3 aromatic carbocycles. The van der Waals surface area contributed by atoms with Crippen molar-refractivity contribution in [3.05, 3.63) is 72.8 Å². The van der Waals surface area contributed by atoms with Gasteiger partial charge in [-0.15, -0.1) is 0 Å². The Morgan fingerprint density at radius 2 is 0.972 bits per heavy atom. The third kappa shape index (κ3) is 5.25. The van der Waals surface area contributed by atoms with Crippen molar-refractivity contribution in [2.75, 3.05) is 55.0 Å². The monoisotopic (exact) mass is 481 g/mol. The lowest BCUT2D eigenvalue weighted by Crippen LogP contribution is -2.21. The van der Waals surface area contributed by atoms with Crippen LogP contribution in [0.15, 0.2) is 72.8 Å². The summed E-state index contributed by atoms with van der Waals surface area (Å²) < 4.78 is 0. The van der Waals surface area contributed by atoms with Gasteiger partial charge in [0, 0.05) is 74.0 Å². The molecule has 5 heteroatoms. The molecule has 1 aromatic heterocycles. The van der Waals surface area contributed by atoms with Crippen LogP contribution < -0.4 is 14.7 Å². The molecule has 0 aliphatic carbocycles. The van der Waals surface area contributed by atoms with Crippen LogP contribution in [-0.2, 0) is 0 Å². The number of aromatic amines is 1. The summed E-state index contributed by atoms with van der Waals surface area (Å²) in [6, 6.07) is 26.2. The number of aromatic nitrogens is 2. The molecule has 0 spiro atoms. The second kappa shape index (κ2) is 11.3. The van der Waals surface area contributed by atoms with Gasteiger partial charge in [-0.05, 0) is 76.2 Å². The molecule has 0 amide bonds. The molecule has 0 aliphatic heterocycles. The molecule has 0 atom stereocenters. The molecule has 4 rings (SSSR count). The maximum Gasteiger partial charge on any atom is 0.138 e. The van der Waals surface area contributed by atoms with E-state index in [4.69, 9.17) is 4.98 Å². The van der Waals surface area contributed by atoms with E-state index in [9.17, 15) is 0 Å². The Labute approximate surface area is 216 Å². The van der Waals surface area contributed by atoms with Gasteiger partial charge in [-0.2, -0.15) is 0 Å². The van der Waals surface area contributed by atoms with Gasteiger partial charge >= 0.3 is 0 Å². The Morgan fingerprint density at radius 1 is 0.556 bits per heavy atom. The van der Waals surface area contributed by atoms with E-state index in [1.807, 2.05) is 0 Å². The summed E-state index contributed by atoms with van der Waals surface area (Å²) >= 11 is 0. The highest BCUT2D eigenvalue weighted by Gasteiger charge is 2.16. The summed E-state index contributed by atoms with van der Waals surface area (Å²) in [5, 5.41) is 0. The molecule has 0 saturated carbocycles. The first kappa shape index (κ1) is 25.4. The number of H-pyrrole nitrogens is 1. The Hall–Kier alpha value is -3.73. The molecular formula is C31H39N5. The van der Waals surface area contributed by atoms with Gasteiger partial charge < -0.3 is 19.7 Å². The first-order valence-corrected chi connectivity index (χ1v) is 13.1. The lowest BCUT2D eigenvalue weighted by Gasteiger charge is -2.21. The quantitative estimate of drug-likeness (QED) is 0.261. The second-order valence-electron chi connectivity index (χ2n) is 9.19. The molecule has 36 heavy (non-hydrogen) atoms. The summed E-state index contributed by atoms with van der Waals surface area (Å²) in [4.78, 5) is 15.6. The van der Waals surface area contributed by atoms with Gasteiger partial charge in [0.1, 0.15) is 5.82 Å². The number of rotatable bonds is 10. The van der Waals surface area contributed by atoms with Crippen LogP contribution in [0.1, 0.15) is 27.7 Å². The standard InChI is InChI=1S/C31H39N5/c1-7-35(8-2)27-19-11-23(12-20-27)29-30(24-13-21-28(22-14-24)36(9-3)10-4)33-31(32-29)25-15-17-26(18-16-25)34(5)6/h11-22H,7-10H2,1-6H3,(H,32,33). The van der Waals surface area contributed by atoms with E-state index in [-0.39, 0.29) is 0 Å². The van der Waals surface area contributed by atoms with Crippen LogP contribution in [0.2, 0.25) is 0 Å². The van der Waals surface area contributed by atoms with Crippen LogP contribution in [0, 0.1) is 0 Å². The fraction of sp³-hybridized carbons (Fsp3) is 0.323. The van der Waals surface area contributed by atoms with E-state index < -0.39 is 0 Å². The minimum Gasteiger partial charge on any atom is -0.378 e. The third-order valence-corrected chi connectivity index (χ3v) is 6.91. The van der Waals surface area contributed by atoms with E-state index in [2.05, 4.69) is 134 Å². The summed E-state index contributed by atoms with van der Waals surface area (Å²) in [5.74, 6) is 0.881. The molecule has 0 radical (unpaired) electrons. The minimum absolute atomic E-state index is 0.881. The average Bonchev–Trinajstić information content (AvgIpc) is 3.36. The maximum absolute atomic E-state index is 5.11. The summed E-state index contributed by atoms with van der Waals surface area (Å²) in [6.45, 7) is 12.8. The van der Waals surface area contributed by atoms with Gasteiger partial charge in [0.15, 0.2) is 0 Å². The predicted molar refractivity (Wildman–Crippen MR) is 156 cm³/mol. The van der Waals surface area contributed by atoms with Gasteiger partial charge in [-0.25, -0.2) is 4.98 Å². The fourth-order valence-electron chi connectivity index (χ4n) is 4.69. The first-order chi connectivity index (χ1) is 17.5. The average molecular weight is 482 g/mol. The Bertz CT molecular complexity index is 1160. The van der Waals surface area contributed by atoms with E-state index in [1.165, 1.54) is 17.1 Å². The molecular weight excluding hydrogens is 442 g/mol. The number of benzene rings is 3. The minimum atomic E-state index is 0.881. The molecule has 1 heterocycles. The zero-order valence-electron chi connectivity index (χ0n) is 22.5. The summed E-state index contributed by atoms with van der Waals surface area (Å²) in [6.07, 6.45) is 0. The number of hydrogen-bond donors (Lipinski definition) is 1. The second-order valence-corrected chi connectivity index (χ2v) is 9.19. The van der Waals surface area contributed by atoms with Crippen LogP contribution in [0.25, 0.3) is 33.9 Å². The van der Waals surface area contributed by atoms with Gasteiger partial charge in [0.25, 0.3) is 0 Å². The van der Waals surface area contributed by atoms with Gasteiger partial charge in [0.05, 0.1) is 11.4 Å². The highest BCUT2D eigenvalue weighted by molar-refractivity contribution is 5.82. The number of imidazole rings is 1. The van der Waals surface area contributed by atoms with Crippen molar-refractivity contribution in [2.24, 2.45) is 0 Å². The smallest absolute Gasteiger partial charge is 0.138 e. The Morgan fingerprint density at radius 3 is 1.42 bits per heavy atom. The Balaban J connectivity index is 1.77. The van der Waals surface area contributed by atoms with Crippen LogP contribution in [0.5, 0.6) is 0 Å². The SMILES string of the molecule is CCN(CC)c1ccc(-c2nc(-c3ccc(N(C)C)cc3)[nH]c2-c2ccc(N(CC)CC)cc2)cc1. The molecule has 0 saturated heterocycles. The van der Waals surface area contributed by atoms with E-state index >= 15 is 0 Å². The molecule has 0 unspecified atom stereocenters. The normalized spacial score (nSPS) is 10.9. The van der Waals surface area contributed by atoms with Gasteiger partial charge in [0.2, 0.25) is 0 Å². The van der Waals surface area contributed by atoms with Crippen LogP contribution >= 0.6 is 0 Å². The van der Waals surface area contributed by atoms with Crippen LogP contribution in [0.3, 0.4) is 0 Å².